The van der Waals surface area contributed by atoms with Gasteiger partial charge in [0.2, 0.25) is 0 Å². The maximum Gasteiger partial charge on any atom is 0.255 e. The summed E-state index contributed by atoms with van der Waals surface area (Å²) in [5.41, 5.74) is 1.37. The number of benzene rings is 3. The van der Waals surface area contributed by atoms with Crippen LogP contribution in [0.1, 0.15) is 10.4 Å². The van der Waals surface area contributed by atoms with E-state index in [0.29, 0.717) is 28.6 Å². The van der Waals surface area contributed by atoms with Crippen LogP contribution in [0.4, 0.5) is 5.13 Å². The van der Waals surface area contributed by atoms with Crippen LogP contribution in [0.2, 0.25) is 5.02 Å². The van der Waals surface area contributed by atoms with Crippen molar-refractivity contribution in [3.05, 3.63) is 59.1 Å². The molecule has 1 amide bonds. The zero-order valence-corrected chi connectivity index (χ0v) is 21.3. The third kappa shape index (κ3) is 4.87. The number of carbonyl (C=O) groups is 1. The SMILES string of the molecule is COc1cc2ccccc2cc1C(=O)NCCN1CCN(c2nc3c(OC)c(Cl)ccc3s2)CC1. The summed E-state index contributed by atoms with van der Waals surface area (Å²) < 4.78 is 12.0. The first-order chi connectivity index (χ1) is 17.1. The van der Waals surface area contributed by atoms with Crippen LogP contribution in [0.3, 0.4) is 0 Å². The maximum atomic E-state index is 12.9. The number of piperazine rings is 1. The normalized spacial score (nSPS) is 14.4. The summed E-state index contributed by atoms with van der Waals surface area (Å²) in [5, 5.41) is 6.68. The zero-order valence-electron chi connectivity index (χ0n) is 19.7. The molecular formula is C26H27ClN4O3S. The Kier molecular flexibility index (Phi) is 6.95. The molecule has 1 aliphatic heterocycles. The molecule has 9 heteroatoms. The Morgan fingerprint density at radius 1 is 1.06 bits per heavy atom. The average Bonchev–Trinajstić information content (AvgIpc) is 3.32. The Labute approximate surface area is 213 Å². The molecule has 1 aromatic heterocycles. The topological polar surface area (TPSA) is 66.9 Å². The van der Waals surface area contributed by atoms with E-state index in [1.54, 1.807) is 25.6 Å². The standard InChI is InChI=1S/C26H27ClN4O3S/c1-33-21-16-18-6-4-3-5-17(18)15-19(21)25(32)28-9-10-30-11-13-31(14-12-30)26-29-23-22(35-26)8-7-20(27)24(23)34-2/h3-8,15-16H,9-14H2,1-2H3,(H,28,32). The molecule has 0 unspecified atom stereocenters. The Morgan fingerprint density at radius 2 is 1.80 bits per heavy atom. The van der Waals surface area contributed by atoms with Gasteiger partial charge in [-0.25, -0.2) is 4.98 Å². The van der Waals surface area contributed by atoms with Gasteiger partial charge in [-0.05, 0) is 35.0 Å². The fraction of sp³-hybridized carbons (Fsp3) is 0.308. The van der Waals surface area contributed by atoms with E-state index in [-0.39, 0.29) is 5.91 Å². The fourth-order valence-electron chi connectivity index (χ4n) is 4.41. The van der Waals surface area contributed by atoms with Crippen LogP contribution >= 0.6 is 22.9 Å². The van der Waals surface area contributed by atoms with Gasteiger partial charge in [0, 0.05) is 39.3 Å². The van der Waals surface area contributed by atoms with Gasteiger partial charge in [0.25, 0.3) is 5.91 Å². The highest BCUT2D eigenvalue weighted by molar-refractivity contribution is 7.22. The first-order valence-electron chi connectivity index (χ1n) is 11.5. The van der Waals surface area contributed by atoms with Crippen LogP contribution < -0.4 is 19.7 Å². The van der Waals surface area contributed by atoms with Crippen molar-refractivity contribution in [2.75, 3.05) is 58.4 Å². The lowest BCUT2D eigenvalue weighted by Crippen LogP contribution is -2.48. The summed E-state index contributed by atoms with van der Waals surface area (Å²) in [6, 6.07) is 15.6. The molecule has 0 bridgehead atoms. The lowest BCUT2D eigenvalue weighted by Gasteiger charge is -2.34. The zero-order chi connectivity index (χ0) is 24.4. The summed E-state index contributed by atoms with van der Waals surface area (Å²) in [6.45, 7) is 4.93. The van der Waals surface area contributed by atoms with E-state index in [0.717, 1.165) is 58.8 Å². The molecule has 35 heavy (non-hydrogen) atoms. The molecule has 0 radical (unpaired) electrons. The van der Waals surface area contributed by atoms with Crippen LogP contribution in [0.25, 0.3) is 21.0 Å². The molecule has 5 rings (SSSR count). The number of amides is 1. The highest BCUT2D eigenvalue weighted by Crippen LogP contribution is 2.38. The smallest absolute Gasteiger partial charge is 0.255 e. The number of thiazole rings is 1. The number of halogens is 1. The van der Waals surface area contributed by atoms with Crippen LogP contribution in [-0.2, 0) is 0 Å². The van der Waals surface area contributed by atoms with Crippen molar-refractivity contribution in [3.63, 3.8) is 0 Å². The van der Waals surface area contributed by atoms with Crippen molar-refractivity contribution in [1.82, 2.24) is 15.2 Å². The van der Waals surface area contributed by atoms with Gasteiger partial charge in [-0.3, -0.25) is 9.69 Å². The van der Waals surface area contributed by atoms with E-state index in [1.807, 2.05) is 48.5 Å². The number of fused-ring (bicyclic) bond motifs is 2. The number of nitrogens with one attached hydrogen (secondary N) is 1. The van der Waals surface area contributed by atoms with Crippen molar-refractivity contribution < 1.29 is 14.3 Å². The van der Waals surface area contributed by atoms with Crippen molar-refractivity contribution in [1.29, 1.82) is 0 Å². The number of methoxy groups -OCH3 is 2. The first-order valence-corrected chi connectivity index (χ1v) is 12.7. The largest absolute Gasteiger partial charge is 0.496 e. The summed E-state index contributed by atoms with van der Waals surface area (Å²) >= 11 is 7.91. The Balaban J connectivity index is 1.16. The first kappa shape index (κ1) is 23.7. The molecule has 0 aliphatic carbocycles. The van der Waals surface area contributed by atoms with Gasteiger partial charge >= 0.3 is 0 Å². The lowest BCUT2D eigenvalue weighted by molar-refractivity contribution is 0.0945. The molecular weight excluding hydrogens is 484 g/mol. The number of anilines is 1. The Bertz CT molecular complexity index is 1370. The van der Waals surface area contributed by atoms with E-state index < -0.39 is 0 Å². The fourth-order valence-corrected chi connectivity index (χ4v) is 5.66. The van der Waals surface area contributed by atoms with Gasteiger partial charge in [0.1, 0.15) is 11.3 Å². The molecule has 1 N–H and O–H groups in total. The number of hydrogen-bond donors (Lipinski definition) is 1. The number of rotatable bonds is 7. The van der Waals surface area contributed by atoms with Gasteiger partial charge in [0.15, 0.2) is 10.9 Å². The highest BCUT2D eigenvalue weighted by atomic mass is 35.5. The van der Waals surface area contributed by atoms with Crippen LogP contribution in [0, 0.1) is 0 Å². The minimum absolute atomic E-state index is 0.117. The van der Waals surface area contributed by atoms with Gasteiger partial charge in [-0.15, -0.1) is 0 Å². The molecule has 1 saturated heterocycles. The lowest BCUT2D eigenvalue weighted by atomic mass is 10.1. The summed E-state index contributed by atoms with van der Waals surface area (Å²) in [4.78, 5) is 22.3. The maximum absolute atomic E-state index is 12.9. The quantitative estimate of drug-likeness (QED) is 0.389. The van der Waals surface area contributed by atoms with Crippen LogP contribution in [0.15, 0.2) is 48.5 Å². The average molecular weight is 511 g/mol. The molecule has 1 aliphatic rings. The Morgan fingerprint density at radius 3 is 2.51 bits per heavy atom. The number of nitrogens with zero attached hydrogens (tertiary/aromatic N) is 3. The Hall–Kier alpha value is -3.07. The highest BCUT2D eigenvalue weighted by Gasteiger charge is 2.22. The molecule has 2 heterocycles. The van der Waals surface area contributed by atoms with E-state index in [2.05, 4.69) is 15.1 Å². The summed E-state index contributed by atoms with van der Waals surface area (Å²) in [6.07, 6.45) is 0. The van der Waals surface area contributed by atoms with Crippen molar-refractivity contribution in [2.45, 2.75) is 0 Å². The number of ether oxygens (including phenoxy) is 2. The second-order valence-electron chi connectivity index (χ2n) is 8.41. The monoisotopic (exact) mass is 510 g/mol. The predicted octanol–water partition coefficient (Wildman–Crippen LogP) is 4.67. The van der Waals surface area contributed by atoms with Gasteiger partial charge in [-0.2, -0.15) is 0 Å². The molecule has 182 valence electrons. The third-order valence-electron chi connectivity index (χ3n) is 6.33. The number of hydrogen-bond acceptors (Lipinski definition) is 7. The van der Waals surface area contributed by atoms with Gasteiger partial charge in [0.05, 0.1) is 29.5 Å². The van der Waals surface area contributed by atoms with Gasteiger partial charge < -0.3 is 19.7 Å². The molecule has 0 atom stereocenters. The van der Waals surface area contributed by atoms with Crippen molar-refractivity contribution >= 4 is 55.0 Å². The van der Waals surface area contributed by atoms with E-state index in [4.69, 9.17) is 26.1 Å². The number of aromatic nitrogens is 1. The molecule has 7 nitrogen and oxygen atoms in total. The second kappa shape index (κ2) is 10.3. The van der Waals surface area contributed by atoms with Crippen molar-refractivity contribution in [3.8, 4) is 11.5 Å². The minimum atomic E-state index is -0.117. The van der Waals surface area contributed by atoms with Gasteiger partial charge in [-0.1, -0.05) is 47.2 Å². The third-order valence-corrected chi connectivity index (χ3v) is 7.71. The molecule has 0 spiro atoms. The minimum Gasteiger partial charge on any atom is -0.496 e. The number of carbonyl (C=O) groups excluding carboxylic acids is 1. The van der Waals surface area contributed by atoms with Crippen LogP contribution in [0.5, 0.6) is 11.5 Å². The molecule has 0 saturated carbocycles. The molecule has 3 aromatic carbocycles. The summed E-state index contributed by atoms with van der Waals surface area (Å²) in [5.74, 6) is 1.10. The van der Waals surface area contributed by atoms with E-state index >= 15 is 0 Å². The molecule has 4 aromatic rings. The second-order valence-corrected chi connectivity index (χ2v) is 9.82. The van der Waals surface area contributed by atoms with E-state index in [1.165, 1.54) is 0 Å². The molecule has 1 fully saturated rings. The summed E-state index contributed by atoms with van der Waals surface area (Å²) in [7, 11) is 3.21. The van der Waals surface area contributed by atoms with E-state index in [9.17, 15) is 4.79 Å². The predicted molar refractivity (Wildman–Crippen MR) is 143 cm³/mol. The van der Waals surface area contributed by atoms with Crippen molar-refractivity contribution in [2.24, 2.45) is 0 Å². The van der Waals surface area contributed by atoms with Crippen LogP contribution in [-0.4, -0.2) is 69.3 Å².